The molecule has 1 aromatic rings. The molecule has 0 aromatic heterocycles. The Morgan fingerprint density at radius 2 is 2.12 bits per heavy atom. The van der Waals surface area contributed by atoms with Gasteiger partial charge >= 0.3 is 0 Å². The minimum absolute atomic E-state index is 0.706. The molecule has 0 bridgehead atoms. The van der Waals surface area contributed by atoms with E-state index in [0.29, 0.717) is 5.92 Å². The van der Waals surface area contributed by atoms with Crippen LogP contribution >= 0.6 is 22.6 Å². The highest BCUT2D eigenvalue weighted by molar-refractivity contribution is 14.1. The maximum atomic E-state index is 5.83. The number of rotatable bonds is 7. The van der Waals surface area contributed by atoms with Gasteiger partial charge in [-0.1, -0.05) is 39.2 Å². The van der Waals surface area contributed by atoms with Gasteiger partial charge < -0.3 is 4.74 Å². The Bertz CT molecular complexity index is 299. The smallest absolute Gasteiger partial charge is 0.120 e. The van der Waals surface area contributed by atoms with E-state index in [4.69, 9.17) is 4.74 Å². The topological polar surface area (TPSA) is 9.23 Å². The lowest BCUT2D eigenvalue weighted by molar-refractivity contribution is 0.233. The summed E-state index contributed by atoms with van der Waals surface area (Å²) >= 11 is 2.31. The maximum absolute atomic E-state index is 5.83. The highest BCUT2D eigenvalue weighted by Crippen LogP contribution is 2.18. The van der Waals surface area contributed by atoms with Crippen molar-refractivity contribution in [1.29, 1.82) is 0 Å². The van der Waals surface area contributed by atoms with Crippen LogP contribution in [0.2, 0.25) is 0 Å². The lowest BCUT2D eigenvalue weighted by Gasteiger charge is -2.15. The second kappa shape index (κ2) is 7.93. The van der Waals surface area contributed by atoms with Gasteiger partial charge in [0.1, 0.15) is 5.75 Å². The van der Waals surface area contributed by atoms with Gasteiger partial charge in [-0.2, -0.15) is 0 Å². The Kier molecular flexibility index (Phi) is 6.85. The van der Waals surface area contributed by atoms with E-state index in [-0.39, 0.29) is 0 Å². The normalized spacial score (nSPS) is 12.4. The molecule has 0 spiro atoms. The van der Waals surface area contributed by atoms with Gasteiger partial charge in [-0.3, -0.25) is 0 Å². The third-order valence-corrected chi connectivity index (χ3v) is 3.50. The van der Waals surface area contributed by atoms with Crippen molar-refractivity contribution in [3.8, 4) is 5.75 Å². The lowest BCUT2D eigenvalue weighted by Crippen LogP contribution is -2.11. The zero-order chi connectivity index (χ0) is 11.8. The molecule has 1 unspecified atom stereocenters. The van der Waals surface area contributed by atoms with Crippen LogP contribution in [-0.2, 0) is 0 Å². The van der Waals surface area contributed by atoms with Crippen LogP contribution < -0.4 is 4.74 Å². The minimum Gasteiger partial charge on any atom is -0.493 e. The average Bonchev–Trinajstić information content (AvgIpc) is 2.29. The van der Waals surface area contributed by atoms with Crippen molar-refractivity contribution in [3.63, 3.8) is 0 Å². The first-order valence-electron chi connectivity index (χ1n) is 6.14. The zero-order valence-corrected chi connectivity index (χ0v) is 12.4. The van der Waals surface area contributed by atoms with Crippen LogP contribution in [0.1, 0.15) is 39.5 Å². The number of unbranched alkanes of at least 4 members (excludes halogenated alkanes) is 1. The molecule has 1 rings (SSSR count). The van der Waals surface area contributed by atoms with Gasteiger partial charge in [-0.25, -0.2) is 0 Å². The number of hydrogen-bond acceptors (Lipinski definition) is 1. The molecule has 0 aliphatic heterocycles. The molecule has 0 saturated carbocycles. The Morgan fingerprint density at radius 1 is 1.31 bits per heavy atom. The van der Waals surface area contributed by atoms with E-state index in [1.54, 1.807) is 0 Å². The molecule has 16 heavy (non-hydrogen) atoms. The summed E-state index contributed by atoms with van der Waals surface area (Å²) in [5.74, 6) is 1.71. The van der Waals surface area contributed by atoms with Gasteiger partial charge in [0.15, 0.2) is 0 Å². The molecule has 0 saturated heterocycles. The molecule has 0 heterocycles. The molecule has 1 nitrogen and oxygen atoms in total. The van der Waals surface area contributed by atoms with Crippen LogP contribution in [0.15, 0.2) is 24.3 Å². The van der Waals surface area contributed by atoms with Gasteiger partial charge in [0.05, 0.1) is 6.61 Å². The summed E-state index contributed by atoms with van der Waals surface area (Å²) in [4.78, 5) is 0. The third kappa shape index (κ3) is 5.19. The maximum Gasteiger partial charge on any atom is 0.120 e. The van der Waals surface area contributed by atoms with Gasteiger partial charge in [0.2, 0.25) is 0 Å². The molecule has 0 aliphatic rings. The van der Waals surface area contributed by atoms with E-state index < -0.39 is 0 Å². The molecule has 0 aliphatic carbocycles. The summed E-state index contributed by atoms with van der Waals surface area (Å²) in [5.41, 5.74) is 0. The first-order chi connectivity index (χ1) is 7.76. The fraction of sp³-hybridized carbons (Fsp3) is 0.571. The number of halogens is 1. The van der Waals surface area contributed by atoms with Crippen LogP contribution in [0.5, 0.6) is 5.75 Å². The average molecular weight is 332 g/mol. The minimum atomic E-state index is 0.706. The largest absolute Gasteiger partial charge is 0.493 e. The summed E-state index contributed by atoms with van der Waals surface area (Å²) < 4.78 is 7.07. The summed E-state index contributed by atoms with van der Waals surface area (Å²) in [6, 6.07) is 8.26. The van der Waals surface area contributed by atoms with Gasteiger partial charge in [-0.15, -0.1) is 0 Å². The second-order valence-electron chi connectivity index (χ2n) is 4.18. The van der Waals surface area contributed by atoms with Crippen molar-refractivity contribution in [2.24, 2.45) is 5.92 Å². The van der Waals surface area contributed by atoms with E-state index in [1.807, 2.05) is 12.1 Å². The Balaban J connectivity index is 2.37. The monoisotopic (exact) mass is 332 g/mol. The lowest BCUT2D eigenvalue weighted by atomic mass is 10.0. The predicted molar refractivity (Wildman–Crippen MR) is 78.0 cm³/mol. The van der Waals surface area contributed by atoms with Crippen molar-refractivity contribution in [2.45, 2.75) is 39.5 Å². The Labute approximate surface area is 113 Å². The molecular weight excluding hydrogens is 311 g/mol. The van der Waals surface area contributed by atoms with Crippen LogP contribution in [0.25, 0.3) is 0 Å². The van der Waals surface area contributed by atoms with Crippen LogP contribution in [0.4, 0.5) is 0 Å². The van der Waals surface area contributed by atoms with Crippen molar-refractivity contribution in [1.82, 2.24) is 0 Å². The summed E-state index contributed by atoms with van der Waals surface area (Å²) in [5, 5.41) is 0. The fourth-order valence-electron chi connectivity index (χ4n) is 1.67. The number of hydrogen-bond donors (Lipinski definition) is 0. The van der Waals surface area contributed by atoms with Gasteiger partial charge in [0.25, 0.3) is 0 Å². The van der Waals surface area contributed by atoms with E-state index in [2.05, 4.69) is 48.6 Å². The van der Waals surface area contributed by atoms with Gasteiger partial charge in [0, 0.05) is 3.57 Å². The van der Waals surface area contributed by atoms with Crippen LogP contribution in [0, 0.1) is 9.49 Å². The van der Waals surface area contributed by atoms with E-state index in [9.17, 15) is 0 Å². The highest BCUT2D eigenvalue weighted by Gasteiger charge is 2.06. The molecule has 0 amide bonds. The van der Waals surface area contributed by atoms with Crippen molar-refractivity contribution in [3.05, 3.63) is 27.8 Å². The van der Waals surface area contributed by atoms with E-state index >= 15 is 0 Å². The highest BCUT2D eigenvalue weighted by atomic mass is 127. The molecule has 90 valence electrons. The molecule has 1 aromatic carbocycles. The molecule has 1 atom stereocenters. The standard InChI is InChI=1S/C14H21IO/c1-3-5-7-12(4-2)11-16-14-9-6-8-13(15)10-14/h6,8-10,12H,3-5,7,11H2,1-2H3. The first kappa shape index (κ1) is 13.8. The zero-order valence-electron chi connectivity index (χ0n) is 10.2. The molecular formula is C14H21IO. The van der Waals surface area contributed by atoms with Gasteiger partial charge in [-0.05, 0) is 53.1 Å². The predicted octanol–water partition coefficient (Wildman–Crippen LogP) is 4.89. The Morgan fingerprint density at radius 3 is 2.75 bits per heavy atom. The summed E-state index contributed by atoms with van der Waals surface area (Å²) in [6.07, 6.45) is 5.09. The summed E-state index contributed by atoms with van der Waals surface area (Å²) in [6.45, 7) is 5.35. The molecule has 0 fully saturated rings. The Hall–Kier alpha value is -0.250. The third-order valence-electron chi connectivity index (χ3n) is 2.83. The van der Waals surface area contributed by atoms with Crippen LogP contribution in [-0.4, -0.2) is 6.61 Å². The fourth-order valence-corrected chi connectivity index (χ4v) is 2.18. The first-order valence-corrected chi connectivity index (χ1v) is 7.22. The second-order valence-corrected chi connectivity index (χ2v) is 5.43. The van der Waals surface area contributed by atoms with Crippen molar-refractivity contribution < 1.29 is 4.74 Å². The summed E-state index contributed by atoms with van der Waals surface area (Å²) in [7, 11) is 0. The molecule has 0 N–H and O–H groups in total. The number of benzene rings is 1. The number of ether oxygens (including phenoxy) is 1. The SMILES string of the molecule is CCCCC(CC)COc1cccc(I)c1. The van der Waals surface area contributed by atoms with Crippen molar-refractivity contribution >= 4 is 22.6 Å². The van der Waals surface area contributed by atoms with E-state index in [0.717, 1.165) is 12.4 Å². The van der Waals surface area contributed by atoms with Crippen LogP contribution in [0.3, 0.4) is 0 Å². The van der Waals surface area contributed by atoms with Crippen molar-refractivity contribution in [2.75, 3.05) is 6.61 Å². The molecule has 0 radical (unpaired) electrons. The quantitative estimate of drug-likeness (QED) is 0.646. The van der Waals surface area contributed by atoms with E-state index in [1.165, 1.54) is 29.3 Å². The molecule has 2 heteroatoms.